The van der Waals surface area contributed by atoms with Gasteiger partial charge in [0.15, 0.2) is 0 Å². The van der Waals surface area contributed by atoms with Crippen molar-refractivity contribution < 1.29 is 4.79 Å². The lowest BCUT2D eigenvalue weighted by molar-refractivity contribution is -0.125. The van der Waals surface area contributed by atoms with E-state index in [9.17, 15) is 10.1 Å². The summed E-state index contributed by atoms with van der Waals surface area (Å²) in [4.78, 5) is 16.9. The van der Waals surface area contributed by atoms with E-state index in [2.05, 4.69) is 36.3 Å². The molecule has 4 rings (SSSR count). The third kappa shape index (κ3) is 3.33. The maximum absolute atomic E-state index is 12.4. The molecule has 2 aliphatic rings. The summed E-state index contributed by atoms with van der Waals surface area (Å²) in [7, 11) is 0. The standard InChI is InChI=1S/C24H25N3O/c1-15-11-19-14-27-24(28)23(19)21(16(15)2)10-9-20-8-7-18(13-26-20)22-6-4-3-5-17(22)12-25/h3-10,13,15-16,19,21,23H,11,14H2,1-2H3,(H,27,28)/t15-,16+,19+,21-,23-/m0/s1. The fraction of sp³-hybridized carbons (Fsp3) is 0.375. The van der Waals surface area contributed by atoms with Gasteiger partial charge in [-0.25, -0.2) is 0 Å². The van der Waals surface area contributed by atoms with Crippen LogP contribution in [0.15, 0.2) is 48.7 Å². The van der Waals surface area contributed by atoms with Crippen LogP contribution in [0, 0.1) is 40.9 Å². The van der Waals surface area contributed by atoms with Gasteiger partial charge in [-0.2, -0.15) is 5.26 Å². The van der Waals surface area contributed by atoms with E-state index in [0.29, 0.717) is 23.3 Å². The average Bonchev–Trinajstić information content (AvgIpc) is 3.09. The molecule has 1 N–H and O–H groups in total. The maximum Gasteiger partial charge on any atom is 0.224 e. The second-order valence-electron chi connectivity index (χ2n) is 8.17. The highest BCUT2D eigenvalue weighted by atomic mass is 16.2. The topological polar surface area (TPSA) is 65.8 Å². The van der Waals surface area contributed by atoms with E-state index in [1.165, 1.54) is 0 Å². The van der Waals surface area contributed by atoms with Crippen LogP contribution in [0.4, 0.5) is 0 Å². The van der Waals surface area contributed by atoms with Crippen LogP contribution in [-0.4, -0.2) is 17.4 Å². The van der Waals surface area contributed by atoms with E-state index < -0.39 is 0 Å². The first-order valence-electron chi connectivity index (χ1n) is 10.00. The third-order valence-corrected chi connectivity index (χ3v) is 6.58. The predicted octanol–water partition coefficient (Wildman–Crippen LogP) is 4.29. The number of amides is 1. The second-order valence-corrected chi connectivity index (χ2v) is 8.17. The molecule has 0 bridgehead atoms. The van der Waals surface area contributed by atoms with Crippen molar-refractivity contribution in [2.45, 2.75) is 20.3 Å². The van der Waals surface area contributed by atoms with Gasteiger partial charge in [-0.1, -0.05) is 44.2 Å². The Labute approximate surface area is 166 Å². The molecule has 0 unspecified atom stereocenters. The molecule has 142 valence electrons. The molecule has 1 aromatic carbocycles. The van der Waals surface area contributed by atoms with Crippen molar-refractivity contribution in [3.05, 3.63) is 59.9 Å². The van der Waals surface area contributed by atoms with Crippen molar-refractivity contribution >= 4 is 12.0 Å². The molecule has 1 amide bonds. The number of nitrogens with one attached hydrogen (secondary N) is 1. The van der Waals surface area contributed by atoms with Crippen LogP contribution in [0.5, 0.6) is 0 Å². The van der Waals surface area contributed by atoms with Gasteiger partial charge in [-0.05, 0) is 48.3 Å². The number of rotatable bonds is 3. The Morgan fingerprint density at radius 2 is 2.04 bits per heavy atom. The van der Waals surface area contributed by atoms with Crippen LogP contribution in [0.2, 0.25) is 0 Å². The molecule has 0 radical (unpaired) electrons. The van der Waals surface area contributed by atoms with Crippen molar-refractivity contribution in [1.29, 1.82) is 5.26 Å². The quantitative estimate of drug-likeness (QED) is 0.875. The fourth-order valence-corrected chi connectivity index (χ4v) is 4.81. The molecule has 28 heavy (non-hydrogen) atoms. The van der Waals surface area contributed by atoms with E-state index in [0.717, 1.165) is 29.8 Å². The van der Waals surface area contributed by atoms with Crippen LogP contribution in [0.1, 0.15) is 31.5 Å². The maximum atomic E-state index is 12.4. The summed E-state index contributed by atoms with van der Waals surface area (Å²) < 4.78 is 0. The largest absolute Gasteiger partial charge is 0.356 e. The van der Waals surface area contributed by atoms with E-state index in [1.54, 1.807) is 0 Å². The predicted molar refractivity (Wildman–Crippen MR) is 110 cm³/mol. The minimum absolute atomic E-state index is 0.0872. The van der Waals surface area contributed by atoms with Crippen molar-refractivity contribution in [1.82, 2.24) is 10.3 Å². The lowest BCUT2D eigenvalue weighted by Crippen LogP contribution is -2.38. The fourth-order valence-electron chi connectivity index (χ4n) is 4.81. The second kappa shape index (κ2) is 7.59. The van der Waals surface area contributed by atoms with Gasteiger partial charge < -0.3 is 5.32 Å². The summed E-state index contributed by atoms with van der Waals surface area (Å²) in [5.41, 5.74) is 3.35. The number of nitrogens with zero attached hydrogens (tertiary/aromatic N) is 2. The number of hydrogen-bond acceptors (Lipinski definition) is 3. The number of carbonyl (C=O) groups excluding carboxylic acids is 1. The highest BCUT2D eigenvalue weighted by Crippen LogP contribution is 2.45. The summed E-state index contributed by atoms with van der Waals surface area (Å²) in [5, 5.41) is 12.3. The molecule has 2 heterocycles. The summed E-state index contributed by atoms with van der Waals surface area (Å²) in [6.07, 6.45) is 7.17. The van der Waals surface area contributed by atoms with Gasteiger partial charge in [-0.15, -0.1) is 0 Å². The molecule has 2 fully saturated rings. The first-order chi connectivity index (χ1) is 13.6. The Bertz CT molecular complexity index is 941. The molecule has 1 aliphatic carbocycles. The number of allylic oxidation sites excluding steroid dienone is 1. The minimum Gasteiger partial charge on any atom is -0.356 e. The zero-order valence-corrected chi connectivity index (χ0v) is 16.3. The molecule has 1 aromatic heterocycles. The Balaban J connectivity index is 1.56. The summed E-state index contributed by atoms with van der Waals surface area (Å²) in [6.45, 7) is 5.37. The highest BCUT2D eigenvalue weighted by Gasteiger charge is 2.46. The van der Waals surface area contributed by atoms with Gasteiger partial charge in [0.1, 0.15) is 0 Å². The van der Waals surface area contributed by atoms with E-state index in [4.69, 9.17) is 0 Å². The van der Waals surface area contributed by atoms with Crippen LogP contribution in [0.25, 0.3) is 17.2 Å². The lowest BCUT2D eigenvalue weighted by atomic mass is 9.64. The van der Waals surface area contributed by atoms with Crippen LogP contribution < -0.4 is 5.32 Å². The highest BCUT2D eigenvalue weighted by molar-refractivity contribution is 5.82. The van der Waals surface area contributed by atoms with Crippen LogP contribution >= 0.6 is 0 Å². The average molecular weight is 371 g/mol. The smallest absolute Gasteiger partial charge is 0.224 e. The monoisotopic (exact) mass is 371 g/mol. The van der Waals surface area contributed by atoms with Gasteiger partial charge in [0.2, 0.25) is 5.91 Å². The Hall–Kier alpha value is -2.93. The Morgan fingerprint density at radius 3 is 2.79 bits per heavy atom. The van der Waals surface area contributed by atoms with E-state index >= 15 is 0 Å². The molecule has 1 aliphatic heterocycles. The number of hydrogen-bond donors (Lipinski definition) is 1. The van der Waals surface area contributed by atoms with Crippen molar-refractivity contribution in [3.8, 4) is 17.2 Å². The van der Waals surface area contributed by atoms with Gasteiger partial charge >= 0.3 is 0 Å². The first kappa shape index (κ1) is 18.4. The van der Waals surface area contributed by atoms with E-state index in [-0.39, 0.29) is 17.7 Å². The summed E-state index contributed by atoms with van der Waals surface area (Å²) in [6, 6.07) is 13.8. The lowest BCUT2D eigenvalue weighted by Gasteiger charge is -2.39. The zero-order chi connectivity index (χ0) is 19.7. The molecule has 5 atom stereocenters. The molecule has 0 spiro atoms. The van der Waals surface area contributed by atoms with Gasteiger partial charge in [0.25, 0.3) is 0 Å². The van der Waals surface area contributed by atoms with Crippen molar-refractivity contribution in [3.63, 3.8) is 0 Å². The van der Waals surface area contributed by atoms with Gasteiger partial charge in [-0.3, -0.25) is 9.78 Å². The molecular formula is C24H25N3O. The molecule has 1 saturated heterocycles. The molecule has 4 heteroatoms. The number of pyridine rings is 1. The van der Waals surface area contributed by atoms with E-state index in [1.807, 2.05) is 48.7 Å². The molecular weight excluding hydrogens is 346 g/mol. The van der Waals surface area contributed by atoms with Crippen molar-refractivity contribution in [2.75, 3.05) is 6.54 Å². The summed E-state index contributed by atoms with van der Waals surface area (Å²) >= 11 is 0. The number of carbonyl (C=O) groups is 1. The minimum atomic E-state index is 0.0872. The Kier molecular flexibility index (Phi) is 5.00. The SMILES string of the molecule is C[C@H]1[C@H](C=Cc2ccc(-c3ccccc3C#N)cn2)[C@H]2C(=O)NC[C@H]2C[C@@H]1C. The zero-order valence-electron chi connectivity index (χ0n) is 16.3. The number of fused-ring (bicyclic) bond motifs is 1. The molecule has 1 saturated carbocycles. The normalized spacial score (nSPS) is 29.3. The van der Waals surface area contributed by atoms with Crippen molar-refractivity contribution in [2.24, 2.45) is 29.6 Å². The van der Waals surface area contributed by atoms with Crippen LogP contribution in [0.3, 0.4) is 0 Å². The number of nitriles is 1. The first-order valence-corrected chi connectivity index (χ1v) is 10.00. The van der Waals surface area contributed by atoms with Gasteiger partial charge in [0.05, 0.1) is 17.3 Å². The molecule has 2 aromatic rings. The van der Waals surface area contributed by atoms with Crippen LogP contribution in [-0.2, 0) is 4.79 Å². The summed E-state index contributed by atoms with van der Waals surface area (Å²) in [5.74, 6) is 2.08. The third-order valence-electron chi connectivity index (χ3n) is 6.58. The Morgan fingerprint density at radius 1 is 1.21 bits per heavy atom. The number of aromatic nitrogens is 1. The number of benzene rings is 1. The molecule has 4 nitrogen and oxygen atoms in total. The van der Waals surface area contributed by atoms with Gasteiger partial charge in [0, 0.05) is 29.8 Å².